The van der Waals surface area contributed by atoms with Crippen molar-refractivity contribution in [3.05, 3.63) is 60.4 Å². The van der Waals surface area contributed by atoms with Crippen molar-refractivity contribution in [1.82, 2.24) is 5.43 Å². The van der Waals surface area contributed by atoms with Gasteiger partial charge in [-0.3, -0.25) is 4.79 Å². The molecular formula is C19H19Br3N2O2. The first-order chi connectivity index (χ1) is 12.3. The summed E-state index contributed by atoms with van der Waals surface area (Å²) in [6, 6.07) is 9.66. The van der Waals surface area contributed by atoms with Crippen molar-refractivity contribution in [3.8, 4) is 5.75 Å². The molecule has 7 heteroatoms. The fourth-order valence-corrected chi connectivity index (χ4v) is 3.91. The van der Waals surface area contributed by atoms with E-state index in [0.29, 0.717) is 5.75 Å². The molecule has 26 heavy (non-hydrogen) atoms. The lowest BCUT2D eigenvalue weighted by molar-refractivity contribution is -0.123. The number of carbonyl (C=O) groups excluding carboxylic acids is 1. The number of amides is 1. The van der Waals surface area contributed by atoms with E-state index in [2.05, 4.69) is 72.2 Å². The molecule has 0 heterocycles. The molecule has 0 saturated carbocycles. The number of nitrogens with zero attached hydrogens (tertiary/aromatic N) is 1. The Kier molecular flexibility index (Phi) is 7.85. The Bertz CT molecular complexity index is 836. The van der Waals surface area contributed by atoms with Crippen molar-refractivity contribution in [2.75, 3.05) is 6.61 Å². The number of carbonyl (C=O) groups is 1. The fraction of sp³-hybridized carbons (Fsp3) is 0.263. The first-order valence-corrected chi connectivity index (χ1v) is 10.4. The summed E-state index contributed by atoms with van der Waals surface area (Å²) in [7, 11) is 0. The normalized spacial score (nSPS) is 11.2. The molecule has 4 nitrogen and oxygen atoms in total. The second-order valence-corrected chi connectivity index (χ2v) is 8.57. The predicted octanol–water partition coefficient (Wildman–Crippen LogP) is 5.94. The molecule has 1 amide bonds. The van der Waals surface area contributed by atoms with Crippen molar-refractivity contribution in [2.24, 2.45) is 5.10 Å². The first kappa shape index (κ1) is 21.1. The van der Waals surface area contributed by atoms with Gasteiger partial charge in [0, 0.05) is 8.95 Å². The lowest BCUT2D eigenvalue weighted by atomic mass is 10.0. The van der Waals surface area contributed by atoms with Crippen LogP contribution in [0.15, 0.2) is 48.9 Å². The molecule has 0 atom stereocenters. The second kappa shape index (κ2) is 9.67. The molecule has 2 aromatic rings. The van der Waals surface area contributed by atoms with Gasteiger partial charge >= 0.3 is 0 Å². The van der Waals surface area contributed by atoms with Gasteiger partial charge in [0.2, 0.25) is 0 Å². The molecule has 0 fully saturated rings. The number of ether oxygens (including phenoxy) is 1. The van der Waals surface area contributed by atoms with E-state index in [0.717, 1.165) is 30.1 Å². The number of rotatable bonds is 6. The van der Waals surface area contributed by atoms with E-state index in [1.165, 1.54) is 0 Å². The second-order valence-electron chi connectivity index (χ2n) is 6.01. The molecule has 0 aliphatic heterocycles. The number of hydrazone groups is 1. The highest BCUT2D eigenvalue weighted by molar-refractivity contribution is 9.11. The van der Waals surface area contributed by atoms with Gasteiger partial charge in [-0.2, -0.15) is 5.10 Å². The van der Waals surface area contributed by atoms with Gasteiger partial charge in [0.15, 0.2) is 6.61 Å². The number of halogens is 3. The summed E-state index contributed by atoms with van der Waals surface area (Å²) >= 11 is 10.5. The highest BCUT2D eigenvalue weighted by Crippen LogP contribution is 2.40. The van der Waals surface area contributed by atoms with Crippen molar-refractivity contribution in [2.45, 2.75) is 26.7 Å². The van der Waals surface area contributed by atoms with Crippen LogP contribution in [-0.2, 0) is 4.79 Å². The monoisotopic (exact) mass is 544 g/mol. The minimum Gasteiger partial charge on any atom is -0.482 e. The summed E-state index contributed by atoms with van der Waals surface area (Å²) in [5.41, 5.74) is 5.42. The third-order valence-corrected chi connectivity index (χ3v) is 5.92. The van der Waals surface area contributed by atoms with Crippen LogP contribution < -0.4 is 10.2 Å². The molecule has 2 rings (SSSR count). The van der Waals surface area contributed by atoms with Crippen molar-refractivity contribution < 1.29 is 9.53 Å². The number of benzene rings is 2. The molecule has 0 saturated heterocycles. The molecule has 0 aliphatic carbocycles. The van der Waals surface area contributed by atoms with Crippen molar-refractivity contribution in [1.29, 1.82) is 0 Å². The fourth-order valence-electron chi connectivity index (χ4n) is 2.22. The van der Waals surface area contributed by atoms with Gasteiger partial charge < -0.3 is 4.74 Å². The minimum atomic E-state index is -0.321. The number of nitrogens with one attached hydrogen (secondary N) is 1. The van der Waals surface area contributed by atoms with Crippen LogP contribution in [0.2, 0.25) is 0 Å². The average molecular weight is 547 g/mol. The van der Waals surface area contributed by atoms with E-state index in [9.17, 15) is 4.79 Å². The Labute approximate surface area is 178 Å². The van der Waals surface area contributed by atoms with Crippen LogP contribution in [0.4, 0.5) is 0 Å². The highest BCUT2D eigenvalue weighted by atomic mass is 79.9. The largest absolute Gasteiger partial charge is 0.482 e. The molecule has 0 radical (unpaired) electrons. The molecule has 2 aromatic carbocycles. The van der Waals surface area contributed by atoms with Gasteiger partial charge in [-0.25, -0.2) is 5.43 Å². The lowest BCUT2D eigenvalue weighted by Gasteiger charge is -2.18. The molecule has 0 bridgehead atoms. The molecular weight excluding hydrogens is 528 g/mol. The number of hydrogen-bond donors (Lipinski definition) is 1. The maximum atomic E-state index is 12.0. The van der Waals surface area contributed by atoms with Gasteiger partial charge in [0.25, 0.3) is 5.91 Å². The lowest BCUT2D eigenvalue weighted by Crippen LogP contribution is -2.25. The van der Waals surface area contributed by atoms with Crippen LogP contribution in [-0.4, -0.2) is 18.7 Å². The van der Waals surface area contributed by atoms with Gasteiger partial charge in [-0.1, -0.05) is 57.8 Å². The molecule has 0 aromatic heterocycles. The Hall–Kier alpha value is -1.18. The number of hydrogen-bond acceptors (Lipinski definition) is 3. The molecule has 0 aliphatic rings. The molecule has 0 unspecified atom stereocenters. The third-order valence-electron chi connectivity index (χ3n) is 3.65. The van der Waals surface area contributed by atoms with Crippen LogP contribution in [0.5, 0.6) is 5.75 Å². The maximum Gasteiger partial charge on any atom is 0.277 e. The Morgan fingerprint density at radius 2 is 2.00 bits per heavy atom. The van der Waals surface area contributed by atoms with Gasteiger partial charge in [-0.05, 0) is 63.7 Å². The minimum absolute atomic E-state index is 0.116. The Morgan fingerprint density at radius 3 is 2.65 bits per heavy atom. The third kappa shape index (κ3) is 5.66. The Morgan fingerprint density at radius 1 is 1.27 bits per heavy atom. The predicted molar refractivity (Wildman–Crippen MR) is 116 cm³/mol. The SMILES string of the molecule is Cc1c(Br)cc(C(C)C)c(OCC(=O)NN=Cc2cccc(Br)c2)c1Br. The quantitative estimate of drug-likeness (QED) is 0.360. The summed E-state index contributed by atoms with van der Waals surface area (Å²) in [5.74, 6) is 0.626. The van der Waals surface area contributed by atoms with E-state index in [1.807, 2.05) is 37.3 Å². The van der Waals surface area contributed by atoms with Crippen LogP contribution in [0, 0.1) is 6.92 Å². The topological polar surface area (TPSA) is 50.7 Å². The highest BCUT2D eigenvalue weighted by Gasteiger charge is 2.17. The maximum absolute atomic E-state index is 12.0. The summed E-state index contributed by atoms with van der Waals surface area (Å²) in [5, 5.41) is 3.96. The smallest absolute Gasteiger partial charge is 0.277 e. The van der Waals surface area contributed by atoms with Crippen LogP contribution >= 0.6 is 47.8 Å². The van der Waals surface area contributed by atoms with E-state index in [1.54, 1.807) is 6.21 Å². The van der Waals surface area contributed by atoms with Gasteiger partial charge in [-0.15, -0.1) is 0 Å². The molecule has 138 valence electrons. The Balaban J connectivity index is 2.02. The summed E-state index contributed by atoms with van der Waals surface area (Å²) in [4.78, 5) is 12.0. The van der Waals surface area contributed by atoms with Crippen LogP contribution in [0.1, 0.15) is 36.5 Å². The summed E-state index contributed by atoms with van der Waals surface area (Å²) < 4.78 is 8.59. The zero-order valence-electron chi connectivity index (χ0n) is 14.6. The van der Waals surface area contributed by atoms with E-state index in [4.69, 9.17) is 4.74 Å². The standard InChI is InChI=1S/C19H19Br3N2O2/c1-11(2)15-8-16(21)12(3)18(22)19(15)26-10-17(25)24-23-9-13-5-4-6-14(20)7-13/h4-9,11H,10H2,1-3H3,(H,24,25). The van der Waals surface area contributed by atoms with Gasteiger partial charge in [0.1, 0.15) is 5.75 Å². The first-order valence-electron chi connectivity index (χ1n) is 7.98. The van der Waals surface area contributed by atoms with Crippen molar-refractivity contribution in [3.63, 3.8) is 0 Å². The zero-order chi connectivity index (χ0) is 19.3. The van der Waals surface area contributed by atoms with Gasteiger partial charge in [0.05, 0.1) is 10.7 Å². The zero-order valence-corrected chi connectivity index (χ0v) is 19.4. The summed E-state index contributed by atoms with van der Waals surface area (Å²) in [6.07, 6.45) is 1.59. The molecule has 1 N–H and O–H groups in total. The molecule has 0 spiro atoms. The van der Waals surface area contributed by atoms with Crippen LogP contribution in [0.3, 0.4) is 0 Å². The van der Waals surface area contributed by atoms with E-state index >= 15 is 0 Å². The van der Waals surface area contributed by atoms with Crippen molar-refractivity contribution >= 4 is 59.9 Å². The van der Waals surface area contributed by atoms with Crippen LogP contribution in [0.25, 0.3) is 0 Å². The summed E-state index contributed by atoms with van der Waals surface area (Å²) in [6.45, 7) is 6.03. The average Bonchev–Trinajstić information content (AvgIpc) is 2.58. The van der Waals surface area contributed by atoms with E-state index in [-0.39, 0.29) is 18.4 Å². The van der Waals surface area contributed by atoms with E-state index < -0.39 is 0 Å².